The molecule has 1 aromatic heterocycles. The van der Waals surface area contributed by atoms with Crippen LogP contribution < -0.4 is 5.73 Å². The van der Waals surface area contributed by atoms with Crippen LogP contribution in [0.4, 0.5) is 5.82 Å². The molecule has 0 amide bonds. The van der Waals surface area contributed by atoms with Gasteiger partial charge in [0.2, 0.25) is 0 Å². The number of nitrogens with zero attached hydrogens (tertiary/aromatic N) is 1. The summed E-state index contributed by atoms with van der Waals surface area (Å²) in [5.41, 5.74) is 6.94. The highest BCUT2D eigenvalue weighted by atomic mass is 79.9. The van der Waals surface area contributed by atoms with Crippen molar-refractivity contribution < 1.29 is 0 Å². The van der Waals surface area contributed by atoms with Crippen molar-refractivity contribution in [3.8, 4) is 0 Å². The molecule has 70 valence electrons. The lowest BCUT2D eigenvalue weighted by Crippen LogP contribution is -1.99. The van der Waals surface area contributed by atoms with Gasteiger partial charge >= 0.3 is 0 Å². The first-order chi connectivity index (χ1) is 6.27. The summed E-state index contributed by atoms with van der Waals surface area (Å²) in [7, 11) is 0. The van der Waals surface area contributed by atoms with Crippen LogP contribution in [0.5, 0.6) is 0 Å². The summed E-state index contributed by atoms with van der Waals surface area (Å²) in [6.45, 7) is 0. The van der Waals surface area contributed by atoms with Crippen LogP contribution in [-0.4, -0.2) is 16.5 Å². The van der Waals surface area contributed by atoms with Crippen LogP contribution in [0.1, 0.15) is 17.9 Å². The number of hydrogen-bond donors (Lipinski definition) is 1. The Hall–Kier alpha value is -0.220. The fourth-order valence-electron chi connectivity index (χ4n) is 1.48. The van der Waals surface area contributed by atoms with E-state index in [1.165, 1.54) is 23.5 Å². The van der Waals surface area contributed by atoms with Crippen molar-refractivity contribution in [2.24, 2.45) is 0 Å². The first-order valence-electron chi connectivity index (χ1n) is 4.26. The number of nitrogen functional groups attached to an aromatic ring is 1. The Morgan fingerprint density at radius 1 is 1.62 bits per heavy atom. The number of thioether (sulfide) groups is 1. The summed E-state index contributed by atoms with van der Waals surface area (Å²) in [5.74, 6) is 3.74. The lowest BCUT2D eigenvalue weighted by Gasteiger charge is -2.08. The molecule has 2 heterocycles. The first kappa shape index (κ1) is 9.34. The van der Waals surface area contributed by atoms with E-state index in [4.69, 9.17) is 5.73 Å². The van der Waals surface area contributed by atoms with Crippen molar-refractivity contribution >= 4 is 33.5 Å². The van der Waals surface area contributed by atoms with E-state index in [0.29, 0.717) is 11.7 Å². The second-order valence-electron chi connectivity index (χ2n) is 3.20. The van der Waals surface area contributed by atoms with E-state index in [9.17, 15) is 0 Å². The van der Waals surface area contributed by atoms with Gasteiger partial charge < -0.3 is 5.73 Å². The molecule has 0 saturated carbocycles. The average molecular weight is 259 g/mol. The molecule has 13 heavy (non-hydrogen) atoms. The van der Waals surface area contributed by atoms with Gasteiger partial charge in [-0.3, -0.25) is 0 Å². The molecule has 1 aliphatic rings. The minimum absolute atomic E-state index is 0.578. The number of hydrogen-bond acceptors (Lipinski definition) is 3. The van der Waals surface area contributed by atoms with E-state index in [1.54, 1.807) is 0 Å². The van der Waals surface area contributed by atoms with Crippen molar-refractivity contribution in [1.82, 2.24) is 4.98 Å². The molecule has 0 radical (unpaired) electrons. The van der Waals surface area contributed by atoms with Crippen LogP contribution in [0, 0.1) is 0 Å². The van der Waals surface area contributed by atoms with Crippen LogP contribution in [0.3, 0.4) is 0 Å². The molecule has 1 fully saturated rings. The third kappa shape index (κ3) is 1.99. The van der Waals surface area contributed by atoms with E-state index < -0.39 is 0 Å². The highest BCUT2D eigenvalue weighted by molar-refractivity contribution is 9.10. The predicted octanol–water partition coefficient (Wildman–Crippen LogP) is 2.65. The largest absolute Gasteiger partial charge is 0.383 e. The van der Waals surface area contributed by atoms with Gasteiger partial charge in [0, 0.05) is 11.9 Å². The molecule has 1 aliphatic heterocycles. The van der Waals surface area contributed by atoms with E-state index >= 15 is 0 Å². The third-order valence-electron chi connectivity index (χ3n) is 2.29. The standard InChI is InChI=1S/C9H11BrN2S/c10-8-3-7(4-12-9(8)11)6-1-2-13-5-6/h3-4,6H,1-2,5H2,(H2,11,12). The zero-order valence-electron chi connectivity index (χ0n) is 7.16. The molecule has 2 nitrogen and oxygen atoms in total. The minimum atomic E-state index is 0.578. The number of aromatic nitrogens is 1. The lowest BCUT2D eigenvalue weighted by atomic mass is 10.0. The van der Waals surface area contributed by atoms with Crippen molar-refractivity contribution in [2.75, 3.05) is 17.2 Å². The van der Waals surface area contributed by atoms with Gasteiger partial charge in [0.15, 0.2) is 0 Å². The van der Waals surface area contributed by atoms with Gasteiger partial charge in [-0.25, -0.2) is 4.98 Å². The van der Waals surface area contributed by atoms with Gasteiger partial charge in [0.1, 0.15) is 5.82 Å². The first-order valence-corrected chi connectivity index (χ1v) is 6.21. The van der Waals surface area contributed by atoms with Crippen molar-refractivity contribution in [3.63, 3.8) is 0 Å². The van der Waals surface area contributed by atoms with Gasteiger partial charge in [-0.15, -0.1) is 0 Å². The lowest BCUT2D eigenvalue weighted by molar-refractivity contribution is 0.777. The van der Waals surface area contributed by atoms with E-state index in [2.05, 4.69) is 27.0 Å². The molecule has 1 atom stereocenters. The summed E-state index contributed by atoms with van der Waals surface area (Å²) in [4.78, 5) is 4.14. The number of pyridine rings is 1. The maximum Gasteiger partial charge on any atom is 0.137 e. The Labute approximate surface area is 90.4 Å². The molecule has 1 unspecified atom stereocenters. The average Bonchev–Trinajstić information content (AvgIpc) is 2.62. The number of nitrogens with two attached hydrogens (primary N) is 1. The Morgan fingerprint density at radius 3 is 3.08 bits per heavy atom. The highest BCUT2D eigenvalue weighted by Gasteiger charge is 2.18. The normalized spacial score (nSPS) is 22.1. The van der Waals surface area contributed by atoms with Crippen molar-refractivity contribution in [2.45, 2.75) is 12.3 Å². The summed E-state index contributed by atoms with van der Waals surface area (Å²) < 4.78 is 0.918. The Balaban J connectivity index is 2.25. The molecule has 0 bridgehead atoms. The molecule has 0 aliphatic carbocycles. The molecular formula is C9H11BrN2S. The molecular weight excluding hydrogens is 248 g/mol. The zero-order chi connectivity index (χ0) is 9.26. The number of rotatable bonds is 1. The monoisotopic (exact) mass is 258 g/mol. The predicted molar refractivity (Wildman–Crippen MR) is 61.0 cm³/mol. The molecule has 2 rings (SSSR count). The summed E-state index contributed by atoms with van der Waals surface area (Å²) >= 11 is 5.41. The number of anilines is 1. The fraction of sp³-hybridized carbons (Fsp3) is 0.444. The van der Waals surface area contributed by atoms with Crippen LogP contribution in [0.25, 0.3) is 0 Å². The maximum absolute atomic E-state index is 5.62. The molecule has 0 aromatic carbocycles. The topological polar surface area (TPSA) is 38.9 Å². The Kier molecular flexibility index (Phi) is 2.79. The van der Waals surface area contributed by atoms with Gasteiger partial charge in [0.05, 0.1) is 4.47 Å². The molecule has 2 N–H and O–H groups in total. The third-order valence-corrected chi connectivity index (χ3v) is 4.09. The van der Waals surface area contributed by atoms with E-state index in [1.807, 2.05) is 18.0 Å². The molecule has 1 aromatic rings. The summed E-state index contributed by atoms with van der Waals surface area (Å²) in [6.07, 6.45) is 3.17. The van der Waals surface area contributed by atoms with Gasteiger partial charge in [-0.1, -0.05) is 0 Å². The zero-order valence-corrected chi connectivity index (χ0v) is 9.57. The molecule has 1 saturated heterocycles. The second kappa shape index (κ2) is 3.88. The van der Waals surface area contributed by atoms with Crippen LogP contribution in [0.15, 0.2) is 16.7 Å². The molecule has 0 spiro atoms. The van der Waals surface area contributed by atoms with Crippen molar-refractivity contribution in [1.29, 1.82) is 0 Å². The summed E-state index contributed by atoms with van der Waals surface area (Å²) in [6, 6.07) is 2.10. The van der Waals surface area contributed by atoms with E-state index in [-0.39, 0.29) is 0 Å². The van der Waals surface area contributed by atoms with Crippen LogP contribution >= 0.6 is 27.7 Å². The van der Waals surface area contributed by atoms with E-state index in [0.717, 1.165) is 4.47 Å². The Morgan fingerprint density at radius 2 is 2.46 bits per heavy atom. The van der Waals surface area contributed by atoms with Crippen LogP contribution in [-0.2, 0) is 0 Å². The number of halogens is 1. The SMILES string of the molecule is Nc1ncc(C2CCSC2)cc1Br. The van der Waals surface area contributed by atoms with Gasteiger partial charge in [-0.2, -0.15) is 11.8 Å². The highest BCUT2D eigenvalue weighted by Crippen LogP contribution is 2.33. The summed E-state index contributed by atoms with van der Waals surface area (Å²) in [5, 5.41) is 0. The van der Waals surface area contributed by atoms with Gasteiger partial charge in [-0.05, 0) is 45.7 Å². The van der Waals surface area contributed by atoms with Crippen LogP contribution in [0.2, 0.25) is 0 Å². The second-order valence-corrected chi connectivity index (χ2v) is 5.20. The Bertz CT molecular complexity index is 310. The fourth-order valence-corrected chi connectivity index (χ4v) is 3.11. The maximum atomic E-state index is 5.62. The minimum Gasteiger partial charge on any atom is -0.383 e. The molecule has 4 heteroatoms. The van der Waals surface area contributed by atoms with Crippen molar-refractivity contribution in [3.05, 3.63) is 22.3 Å². The quantitative estimate of drug-likeness (QED) is 0.842. The van der Waals surface area contributed by atoms with Gasteiger partial charge in [0.25, 0.3) is 0 Å². The smallest absolute Gasteiger partial charge is 0.137 e.